The van der Waals surface area contributed by atoms with E-state index in [1.165, 1.54) is 88.3 Å². The van der Waals surface area contributed by atoms with E-state index in [0.717, 1.165) is 30.4 Å². The Morgan fingerprint density at radius 1 is 0.559 bits per heavy atom. The average molecular weight is 759 g/mol. The minimum absolute atomic E-state index is 0.00356. The number of rotatable bonds is 8. The molecule has 1 heteroatoms. The fourth-order valence-corrected chi connectivity index (χ4v) is 10.3. The highest BCUT2D eigenvalue weighted by molar-refractivity contribution is 6.22. The van der Waals surface area contributed by atoms with Gasteiger partial charge in [-0.25, -0.2) is 0 Å². The van der Waals surface area contributed by atoms with E-state index in [9.17, 15) is 0 Å². The van der Waals surface area contributed by atoms with E-state index in [2.05, 4.69) is 208 Å². The zero-order valence-corrected chi connectivity index (χ0v) is 33.7. The molecule has 0 N–H and O–H groups in total. The minimum Gasteiger partial charge on any atom is -0.456 e. The molecule has 1 aromatic heterocycles. The van der Waals surface area contributed by atoms with Crippen molar-refractivity contribution in [1.29, 1.82) is 0 Å². The second-order valence-corrected chi connectivity index (χ2v) is 17.1. The molecule has 59 heavy (non-hydrogen) atoms. The Labute approximate surface area is 347 Å². The van der Waals surface area contributed by atoms with E-state index >= 15 is 0 Å². The van der Waals surface area contributed by atoms with Crippen LogP contribution in [-0.4, -0.2) is 0 Å². The molecule has 1 heterocycles. The minimum atomic E-state index is -0.00356. The lowest BCUT2D eigenvalue weighted by Gasteiger charge is -2.27. The predicted molar refractivity (Wildman–Crippen MR) is 248 cm³/mol. The van der Waals surface area contributed by atoms with Gasteiger partial charge in [0.25, 0.3) is 0 Å². The van der Waals surface area contributed by atoms with Crippen LogP contribution in [0.3, 0.4) is 0 Å². The first-order chi connectivity index (χ1) is 29.0. The molecule has 0 saturated heterocycles. The lowest BCUT2D eigenvalue weighted by Crippen LogP contribution is -2.15. The van der Waals surface area contributed by atoms with Crippen LogP contribution in [0.1, 0.15) is 66.3 Å². The highest BCUT2D eigenvalue weighted by atomic mass is 16.3. The molecule has 0 amide bonds. The summed E-state index contributed by atoms with van der Waals surface area (Å²) in [6, 6.07) is 64.9. The van der Waals surface area contributed by atoms with Crippen molar-refractivity contribution in [2.24, 2.45) is 0 Å². The van der Waals surface area contributed by atoms with Crippen LogP contribution in [0.4, 0.5) is 0 Å². The normalized spacial score (nSPS) is 16.0. The lowest BCUT2D eigenvalue weighted by molar-refractivity contribution is 0.641. The van der Waals surface area contributed by atoms with Crippen LogP contribution in [0.2, 0.25) is 0 Å². The van der Waals surface area contributed by atoms with Crippen molar-refractivity contribution in [2.45, 2.75) is 50.4 Å². The Kier molecular flexibility index (Phi) is 8.59. The topological polar surface area (TPSA) is 13.1 Å². The second kappa shape index (κ2) is 14.3. The fraction of sp³-hybridized carbons (Fsp3) is 0.138. The maximum Gasteiger partial charge on any atom is 0.136 e. The SMILES string of the molecule is CC1(C)c2ccccc2-c2ccc(CCC(C3=CC=CC(c4ccc5oc6cc(-c7ccccc7)c7ccccc7c6c5c4)C3)c3ccc(-c4ccccc4)cc3)cc21. The van der Waals surface area contributed by atoms with Crippen LogP contribution in [0.25, 0.3) is 66.1 Å². The van der Waals surface area contributed by atoms with E-state index in [0.29, 0.717) is 5.92 Å². The van der Waals surface area contributed by atoms with Crippen LogP contribution in [-0.2, 0) is 11.8 Å². The molecule has 0 radical (unpaired) electrons. The average Bonchev–Trinajstić information content (AvgIpc) is 3.78. The highest BCUT2D eigenvalue weighted by Gasteiger charge is 2.35. The van der Waals surface area contributed by atoms with Gasteiger partial charge in [0.2, 0.25) is 0 Å². The molecule has 0 fully saturated rings. The standard InChI is InChI=1S/C58H46O/c1-58(2)53-23-12-11-21-48(53)49-32-25-38(34-54(49)58)24-31-46(42-28-26-40(27-29-42)39-14-5-3-6-15-39)45-19-13-18-43(35-45)44-30-33-55-52(36-44)57-50-22-10-9-20-47(50)51(37-56(57)59-55)41-16-7-4-8-17-41/h3-23,25-30,32-34,36-37,43,46H,24,31,35H2,1-2H3. The Bertz CT molecular complexity index is 3090. The predicted octanol–water partition coefficient (Wildman–Crippen LogP) is 15.8. The summed E-state index contributed by atoms with van der Waals surface area (Å²) in [7, 11) is 0. The number of allylic oxidation sites excluding steroid dienone is 4. The molecule has 284 valence electrons. The van der Waals surface area contributed by atoms with Gasteiger partial charge in [0.15, 0.2) is 0 Å². The molecule has 2 aliphatic carbocycles. The van der Waals surface area contributed by atoms with Gasteiger partial charge < -0.3 is 4.42 Å². The molecule has 8 aromatic carbocycles. The van der Waals surface area contributed by atoms with Crippen molar-refractivity contribution in [3.63, 3.8) is 0 Å². The van der Waals surface area contributed by atoms with E-state index < -0.39 is 0 Å². The quantitative estimate of drug-likeness (QED) is 0.150. The number of hydrogen-bond acceptors (Lipinski definition) is 1. The van der Waals surface area contributed by atoms with Gasteiger partial charge in [0.05, 0.1) is 0 Å². The molecular formula is C58H46O. The number of furan rings is 1. The Balaban J connectivity index is 0.932. The van der Waals surface area contributed by atoms with Crippen molar-refractivity contribution in [1.82, 2.24) is 0 Å². The van der Waals surface area contributed by atoms with Gasteiger partial charge in [-0.2, -0.15) is 0 Å². The molecule has 2 atom stereocenters. The molecule has 0 spiro atoms. The smallest absolute Gasteiger partial charge is 0.136 e. The zero-order valence-electron chi connectivity index (χ0n) is 33.7. The first-order valence-electron chi connectivity index (χ1n) is 21.2. The van der Waals surface area contributed by atoms with Gasteiger partial charge in [-0.3, -0.25) is 0 Å². The number of hydrogen-bond donors (Lipinski definition) is 0. The summed E-state index contributed by atoms with van der Waals surface area (Å²) in [4.78, 5) is 0. The molecule has 2 aliphatic rings. The zero-order chi connectivity index (χ0) is 39.5. The van der Waals surface area contributed by atoms with Crippen molar-refractivity contribution >= 4 is 32.7 Å². The maximum absolute atomic E-state index is 6.63. The van der Waals surface area contributed by atoms with Gasteiger partial charge in [-0.15, -0.1) is 0 Å². The third-order valence-electron chi connectivity index (χ3n) is 13.4. The first-order valence-corrected chi connectivity index (χ1v) is 21.2. The summed E-state index contributed by atoms with van der Waals surface area (Å²) in [6.07, 6.45) is 10.1. The van der Waals surface area contributed by atoms with Crippen molar-refractivity contribution in [3.05, 3.63) is 228 Å². The number of fused-ring (bicyclic) bond motifs is 8. The molecule has 0 aliphatic heterocycles. The Morgan fingerprint density at radius 2 is 1.25 bits per heavy atom. The summed E-state index contributed by atoms with van der Waals surface area (Å²) >= 11 is 0. The molecule has 2 unspecified atom stereocenters. The van der Waals surface area contributed by atoms with Crippen LogP contribution < -0.4 is 0 Å². The third kappa shape index (κ3) is 6.16. The summed E-state index contributed by atoms with van der Waals surface area (Å²) in [6.45, 7) is 4.76. The van der Waals surface area contributed by atoms with Crippen LogP contribution in [0, 0.1) is 0 Å². The molecule has 1 nitrogen and oxygen atoms in total. The van der Waals surface area contributed by atoms with Gasteiger partial charge >= 0.3 is 0 Å². The van der Waals surface area contributed by atoms with Gasteiger partial charge in [-0.05, 0) is 109 Å². The van der Waals surface area contributed by atoms with Crippen molar-refractivity contribution in [3.8, 4) is 33.4 Å². The summed E-state index contributed by atoms with van der Waals surface area (Å²) in [5.74, 6) is 0.564. The van der Waals surface area contributed by atoms with Gasteiger partial charge in [0, 0.05) is 28.0 Å². The van der Waals surface area contributed by atoms with E-state index in [-0.39, 0.29) is 11.3 Å². The third-order valence-corrected chi connectivity index (χ3v) is 13.4. The summed E-state index contributed by atoms with van der Waals surface area (Å²) in [5, 5.41) is 4.87. The lowest BCUT2D eigenvalue weighted by atomic mass is 9.77. The van der Waals surface area contributed by atoms with E-state index in [1.54, 1.807) is 0 Å². The molecular weight excluding hydrogens is 713 g/mol. The van der Waals surface area contributed by atoms with Crippen molar-refractivity contribution in [2.75, 3.05) is 0 Å². The molecule has 9 aromatic rings. The Morgan fingerprint density at radius 3 is 2.07 bits per heavy atom. The number of aryl methyl sites for hydroxylation is 1. The largest absolute Gasteiger partial charge is 0.456 e. The van der Waals surface area contributed by atoms with Crippen molar-refractivity contribution < 1.29 is 4.42 Å². The van der Waals surface area contributed by atoms with E-state index in [1.807, 2.05) is 0 Å². The highest BCUT2D eigenvalue weighted by Crippen LogP contribution is 2.49. The molecule has 0 bridgehead atoms. The summed E-state index contributed by atoms with van der Waals surface area (Å²) in [5.41, 5.74) is 18.1. The van der Waals surface area contributed by atoms with E-state index in [4.69, 9.17) is 4.42 Å². The van der Waals surface area contributed by atoms with Crippen LogP contribution in [0.15, 0.2) is 204 Å². The van der Waals surface area contributed by atoms with Gasteiger partial charge in [0.1, 0.15) is 11.2 Å². The fourth-order valence-electron chi connectivity index (χ4n) is 10.3. The summed E-state index contributed by atoms with van der Waals surface area (Å²) < 4.78 is 6.63. The Hall–Kier alpha value is -6.70. The molecule has 0 saturated carbocycles. The van der Waals surface area contributed by atoms with Gasteiger partial charge in [-0.1, -0.05) is 195 Å². The first kappa shape index (κ1) is 35.5. The van der Waals surface area contributed by atoms with Crippen LogP contribution in [0.5, 0.6) is 0 Å². The van der Waals surface area contributed by atoms with Crippen LogP contribution >= 0.6 is 0 Å². The number of benzene rings is 8. The monoisotopic (exact) mass is 758 g/mol. The second-order valence-electron chi connectivity index (χ2n) is 17.1. The molecule has 11 rings (SSSR count). The maximum atomic E-state index is 6.63.